The van der Waals surface area contributed by atoms with Gasteiger partial charge in [0.05, 0.1) is 38.3 Å². The summed E-state index contributed by atoms with van der Waals surface area (Å²) in [4.78, 5) is 25.6. The number of amides is 1. The second-order valence-corrected chi connectivity index (χ2v) is 6.32. The number of carbonyl (C=O) groups is 1. The van der Waals surface area contributed by atoms with Gasteiger partial charge in [0.25, 0.3) is 5.91 Å². The minimum Gasteiger partial charge on any atom is -0.497 e. The van der Waals surface area contributed by atoms with Crippen molar-refractivity contribution in [2.45, 2.75) is 6.54 Å². The van der Waals surface area contributed by atoms with Crippen LogP contribution in [0.3, 0.4) is 0 Å². The van der Waals surface area contributed by atoms with E-state index in [-0.39, 0.29) is 5.91 Å². The summed E-state index contributed by atoms with van der Waals surface area (Å²) in [7, 11) is 3.11. The molecule has 0 fully saturated rings. The van der Waals surface area contributed by atoms with Crippen molar-refractivity contribution in [2.24, 2.45) is 0 Å². The van der Waals surface area contributed by atoms with Gasteiger partial charge in [0.2, 0.25) is 0 Å². The molecule has 1 aromatic carbocycles. The van der Waals surface area contributed by atoms with Crippen LogP contribution in [-0.2, 0) is 6.54 Å². The number of hydrogen-bond donors (Lipinski definition) is 1. The van der Waals surface area contributed by atoms with Crippen LogP contribution in [0.1, 0.15) is 15.9 Å². The Morgan fingerprint density at radius 1 is 1.10 bits per heavy atom. The molecule has 3 aromatic heterocycles. The molecule has 1 N–H and O–H groups in total. The second-order valence-electron chi connectivity index (χ2n) is 6.32. The van der Waals surface area contributed by atoms with Crippen LogP contribution in [0.2, 0.25) is 0 Å². The molecule has 0 saturated carbocycles. The van der Waals surface area contributed by atoms with Crippen molar-refractivity contribution in [3.8, 4) is 11.5 Å². The molecule has 1 amide bonds. The third kappa shape index (κ3) is 3.86. The summed E-state index contributed by atoms with van der Waals surface area (Å²) in [6.45, 7) is 0.603. The van der Waals surface area contributed by atoms with E-state index in [1.165, 1.54) is 13.3 Å². The molecule has 8 heteroatoms. The zero-order valence-corrected chi connectivity index (χ0v) is 16.0. The number of nitrogens with zero attached hydrogens (tertiary/aromatic N) is 4. The zero-order valence-electron chi connectivity index (χ0n) is 16.0. The maximum atomic E-state index is 12.7. The first-order valence-electron chi connectivity index (χ1n) is 8.91. The molecule has 0 atom stereocenters. The Hall–Kier alpha value is -3.94. The van der Waals surface area contributed by atoms with Gasteiger partial charge in [0.1, 0.15) is 17.0 Å². The molecule has 3 heterocycles. The Balaban J connectivity index is 1.56. The summed E-state index contributed by atoms with van der Waals surface area (Å²) in [6, 6.07) is 10.8. The van der Waals surface area contributed by atoms with Crippen molar-refractivity contribution in [1.82, 2.24) is 19.5 Å². The van der Waals surface area contributed by atoms with Gasteiger partial charge in [-0.1, -0.05) is 6.07 Å². The molecule has 0 radical (unpaired) electrons. The predicted molar refractivity (Wildman–Crippen MR) is 108 cm³/mol. The van der Waals surface area contributed by atoms with Gasteiger partial charge < -0.3 is 19.4 Å². The zero-order chi connectivity index (χ0) is 20.2. The number of ether oxygens (including phenoxy) is 2. The van der Waals surface area contributed by atoms with E-state index in [0.717, 1.165) is 5.56 Å². The lowest BCUT2D eigenvalue weighted by Crippen LogP contribution is -2.13. The van der Waals surface area contributed by atoms with Crippen LogP contribution in [0, 0.1) is 0 Å². The maximum absolute atomic E-state index is 12.7. The minimum atomic E-state index is -0.301. The highest BCUT2D eigenvalue weighted by Crippen LogP contribution is 2.29. The summed E-state index contributed by atoms with van der Waals surface area (Å²) in [5.41, 5.74) is 3.33. The number of rotatable bonds is 6. The fourth-order valence-corrected chi connectivity index (χ4v) is 2.97. The van der Waals surface area contributed by atoms with Crippen LogP contribution >= 0.6 is 0 Å². The number of aromatic nitrogens is 4. The van der Waals surface area contributed by atoms with Crippen LogP contribution in [0.15, 0.2) is 61.3 Å². The predicted octanol–water partition coefficient (Wildman–Crippen LogP) is 3.14. The lowest BCUT2D eigenvalue weighted by atomic mass is 10.2. The maximum Gasteiger partial charge on any atom is 0.257 e. The second kappa shape index (κ2) is 7.97. The molecule has 0 unspecified atom stereocenters. The molecule has 0 bridgehead atoms. The molecule has 0 spiro atoms. The van der Waals surface area contributed by atoms with Crippen molar-refractivity contribution in [3.63, 3.8) is 0 Å². The minimum absolute atomic E-state index is 0.301. The van der Waals surface area contributed by atoms with Gasteiger partial charge in [-0.05, 0) is 29.8 Å². The average molecular weight is 389 g/mol. The molecular weight excluding hydrogens is 370 g/mol. The number of nitrogens with one attached hydrogen (secondary N) is 1. The number of anilines is 1. The van der Waals surface area contributed by atoms with Gasteiger partial charge in [-0.2, -0.15) is 0 Å². The number of pyridine rings is 2. The van der Waals surface area contributed by atoms with Gasteiger partial charge >= 0.3 is 0 Å². The van der Waals surface area contributed by atoms with E-state index >= 15 is 0 Å². The molecule has 29 heavy (non-hydrogen) atoms. The molecular formula is C21H19N5O3. The molecule has 8 nitrogen and oxygen atoms in total. The normalized spacial score (nSPS) is 10.7. The Kier molecular flexibility index (Phi) is 5.07. The number of benzene rings is 1. The van der Waals surface area contributed by atoms with Crippen molar-refractivity contribution < 1.29 is 14.3 Å². The standard InChI is InChI=1S/C21H19N5O3/c1-28-16-5-6-17(19(9-16)29-2)25-21(27)15-8-18-20(23-11-15)26(13-24-18)12-14-4-3-7-22-10-14/h3-11,13H,12H2,1-2H3,(H,25,27). The largest absolute Gasteiger partial charge is 0.497 e. The summed E-state index contributed by atoms with van der Waals surface area (Å²) < 4.78 is 12.4. The van der Waals surface area contributed by atoms with Crippen molar-refractivity contribution >= 4 is 22.8 Å². The highest BCUT2D eigenvalue weighted by molar-refractivity contribution is 6.06. The molecule has 4 rings (SSSR count). The van der Waals surface area contributed by atoms with Gasteiger partial charge in [0, 0.05) is 24.7 Å². The Morgan fingerprint density at radius 2 is 2.00 bits per heavy atom. The van der Waals surface area contributed by atoms with E-state index in [0.29, 0.717) is 40.5 Å². The van der Waals surface area contributed by atoms with Crippen molar-refractivity contribution in [1.29, 1.82) is 0 Å². The quantitative estimate of drug-likeness (QED) is 0.545. The molecule has 4 aromatic rings. The van der Waals surface area contributed by atoms with Gasteiger partial charge in [-0.25, -0.2) is 9.97 Å². The van der Waals surface area contributed by atoms with Crippen LogP contribution in [0.25, 0.3) is 11.2 Å². The molecule has 0 aliphatic carbocycles. The van der Waals surface area contributed by atoms with Crippen molar-refractivity contribution in [3.05, 3.63) is 72.4 Å². The van der Waals surface area contributed by atoms with Gasteiger partial charge in [-0.3, -0.25) is 9.78 Å². The first-order valence-corrected chi connectivity index (χ1v) is 8.91. The van der Waals surface area contributed by atoms with Crippen LogP contribution in [0.4, 0.5) is 5.69 Å². The fourth-order valence-electron chi connectivity index (χ4n) is 2.97. The first-order chi connectivity index (χ1) is 14.2. The lowest BCUT2D eigenvalue weighted by Gasteiger charge is -2.11. The number of hydrogen-bond acceptors (Lipinski definition) is 6. The van der Waals surface area contributed by atoms with E-state index in [1.54, 1.807) is 50.1 Å². The van der Waals surface area contributed by atoms with E-state index in [9.17, 15) is 4.79 Å². The summed E-state index contributed by atoms with van der Waals surface area (Å²) in [5.74, 6) is 0.847. The molecule has 146 valence electrons. The topological polar surface area (TPSA) is 91.2 Å². The SMILES string of the molecule is COc1ccc(NC(=O)c2cnc3c(c2)ncn3Cc2cccnc2)c(OC)c1. The van der Waals surface area contributed by atoms with Crippen LogP contribution in [0.5, 0.6) is 11.5 Å². The highest BCUT2D eigenvalue weighted by atomic mass is 16.5. The lowest BCUT2D eigenvalue weighted by molar-refractivity contribution is 0.102. The third-order valence-corrected chi connectivity index (χ3v) is 4.45. The molecule has 0 aliphatic rings. The number of imidazole rings is 1. The Labute approximate surface area is 167 Å². The molecule has 0 aliphatic heterocycles. The summed E-state index contributed by atoms with van der Waals surface area (Å²) >= 11 is 0. The summed E-state index contributed by atoms with van der Waals surface area (Å²) in [6.07, 6.45) is 6.78. The van der Waals surface area contributed by atoms with E-state index < -0.39 is 0 Å². The number of carbonyl (C=O) groups excluding carboxylic acids is 1. The number of fused-ring (bicyclic) bond motifs is 1. The highest BCUT2D eigenvalue weighted by Gasteiger charge is 2.14. The van der Waals surface area contributed by atoms with E-state index in [4.69, 9.17) is 9.47 Å². The molecule has 0 saturated heterocycles. The summed E-state index contributed by atoms with van der Waals surface area (Å²) in [5, 5.41) is 2.84. The Bertz CT molecular complexity index is 1160. The van der Waals surface area contributed by atoms with E-state index in [1.807, 2.05) is 16.7 Å². The monoisotopic (exact) mass is 389 g/mol. The van der Waals surface area contributed by atoms with E-state index in [2.05, 4.69) is 20.3 Å². The fraction of sp³-hybridized carbons (Fsp3) is 0.143. The first kappa shape index (κ1) is 18.4. The number of methoxy groups -OCH3 is 2. The van der Waals surface area contributed by atoms with Crippen LogP contribution in [-0.4, -0.2) is 39.6 Å². The van der Waals surface area contributed by atoms with Gasteiger partial charge in [0.15, 0.2) is 5.65 Å². The Morgan fingerprint density at radius 3 is 2.76 bits per heavy atom. The van der Waals surface area contributed by atoms with Crippen molar-refractivity contribution in [2.75, 3.05) is 19.5 Å². The average Bonchev–Trinajstić information content (AvgIpc) is 3.16. The van der Waals surface area contributed by atoms with Crippen LogP contribution < -0.4 is 14.8 Å². The smallest absolute Gasteiger partial charge is 0.257 e. The van der Waals surface area contributed by atoms with Gasteiger partial charge in [-0.15, -0.1) is 0 Å². The third-order valence-electron chi connectivity index (χ3n) is 4.45.